The Morgan fingerprint density at radius 2 is 1.69 bits per heavy atom. The fraction of sp³-hybridized carbons (Fsp3) is 0.360. The fourth-order valence-corrected chi connectivity index (χ4v) is 5.50. The van der Waals surface area contributed by atoms with Crippen LogP contribution in [0.4, 0.5) is 5.00 Å². The molecule has 1 aromatic carbocycles. The van der Waals surface area contributed by atoms with E-state index in [1.165, 1.54) is 5.00 Å². The summed E-state index contributed by atoms with van der Waals surface area (Å²) < 4.78 is 5.55. The van der Waals surface area contributed by atoms with Crippen LogP contribution < -0.4 is 4.90 Å². The van der Waals surface area contributed by atoms with Crippen LogP contribution in [0.3, 0.4) is 0 Å². The second-order valence-corrected chi connectivity index (χ2v) is 9.21. The topological polar surface area (TPSA) is 48.9 Å². The zero-order valence-electron chi connectivity index (χ0n) is 18.2. The van der Waals surface area contributed by atoms with E-state index in [9.17, 15) is 4.79 Å². The van der Waals surface area contributed by atoms with Crippen LogP contribution in [0.1, 0.15) is 15.4 Å². The Morgan fingerprint density at radius 3 is 2.41 bits per heavy atom. The fourth-order valence-electron chi connectivity index (χ4n) is 4.30. The van der Waals surface area contributed by atoms with E-state index in [-0.39, 0.29) is 5.91 Å². The molecule has 5 rings (SSSR count). The molecule has 4 heterocycles. The monoisotopic (exact) mass is 448 g/mol. The Hall–Kier alpha value is -2.74. The van der Waals surface area contributed by atoms with Gasteiger partial charge in [0, 0.05) is 57.6 Å². The van der Waals surface area contributed by atoms with Crippen LogP contribution in [0.25, 0.3) is 11.1 Å². The highest BCUT2D eigenvalue weighted by atomic mass is 32.1. The Balaban J connectivity index is 1.31. The maximum atomic E-state index is 13.4. The van der Waals surface area contributed by atoms with E-state index in [1.807, 2.05) is 29.3 Å². The predicted molar refractivity (Wildman–Crippen MR) is 128 cm³/mol. The van der Waals surface area contributed by atoms with Crippen molar-refractivity contribution in [3.8, 4) is 11.1 Å². The molecule has 6 nitrogen and oxygen atoms in total. The number of pyridine rings is 1. The van der Waals surface area contributed by atoms with E-state index < -0.39 is 0 Å². The molecule has 1 amide bonds. The predicted octanol–water partition coefficient (Wildman–Crippen LogP) is 3.60. The van der Waals surface area contributed by atoms with Crippen molar-refractivity contribution in [2.45, 2.75) is 6.54 Å². The highest BCUT2D eigenvalue weighted by Gasteiger charge is 2.27. The summed E-state index contributed by atoms with van der Waals surface area (Å²) in [5, 5.41) is 1.18. The zero-order chi connectivity index (χ0) is 21.8. The van der Waals surface area contributed by atoms with E-state index in [0.29, 0.717) is 0 Å². The number of morpholine rings is 1. The highest BCUT2D eigenvalue weighted by Crippen LogP contribution is 2.40. The molecule has 0 saturated carbocycles. The van der Waals surface area contributed by atoms with Crippen LogP contribution in [-0.2, 0) is 11.3 Å². The van der Waals surface area contributed by atoms with Crippen molar-refractivity contribution in [3.05, 3.63) is 71.4 Å². The van der Waals surface area contributed by atoms with E-state index in [0.717, 1.165) is 80.7 Å². The summed E-state index contributed by atoms with van der Waals surface area (Å²) in [7, 11) is 0. The lowest BCUT2D eigenvalue weighted by molar-refractivity contribution is 0.0632. The number of piperazine rings is 1. The Morgan fingerprint density at radius 1 is 0.938 bits per heavy atom. The minimum absolute atomic E-state index is 0.143. The number of anilines is 1. The van der Waals surface area contributed by atoms with Gasteiger partial charge in [-0.25, -0.2) is 0 Å². The van der Waals surface area contributed by atoms with Crippen LogP contribution in [-0.4, -0.2) is 73.2 Å². The molecular weight excluding hydrogens is 420 g/mol. The lowest BCUT2D eigenvalue weighted by atomic mass is 10.1. The average molecular weight is 449 g/mol. The van der Waals surface area contributed by atoms with Crippen molar-refractivity contribution in [2.24, 2.45) is 0 Å². The first-order valence-electron chi connectivity index (χ1n) is 11.2. The normalized spacial score (nSPS) is 17.5. The van der Waals surface area contributed by atoms with Crippen LogP contribution in [0, 0.1) is 0 Å². The number of carbonyl (C=O) groups is 1. The molecule has 0 bridgehead atoms. The quantitative estimate of drug-likeness (QED) is 0.597. The molecule has 2 aromatic heterocycles. The van der Waals surface area contributed by atoms with Gasteiger partial charge in [-0.2, -0.15) is 0 Å². The molecule has 0 unspecified atom stereocenters. The first-order chi connectivity index (χ1) is 15.8. The SMILES string of the molecule is O=C(c1cc(-c2ccccc2)c(N2CCOCC2)s1)N1CCN(Cc2ccccn2)CC1. The van der Waals surface area contributed by atoms with Gasteiger partial charge in [-0.15, -0.1) is 11.3 Å². The Kier molecular flexibility index (Phi) is 6.48. The van der Waals surface area contributed by atoms with Gasteiger partial charge in [-0.3, -0.25) is 14.7 Å². The Bertz CT molecular complexity index is 1030. The van der Waals surface area contributed by atoms with Crippen molar-refractivity contribution < 1.29 is 9.53 Å². The molecule has 7 heteroatoms. The van der Waals surface area contributed by atoms with E-state index in [2.05, 4.69) is 51.2 Å². The van der Waals surface area contributed by atoms with Gasteiger partial charge in [-0.1, -0.05) is 36.4 Å². The van der Waals surface area contributed by atoms with E-state index in [1.54, 1.807) is 11.3 Å². The van der Waals surface area contributed by atoms with Gasteiger partial charge in [0.2, 0.25) is 0 Å². The third-order valence-corrected chi connectivity index (χ3v) is 7.26. The first-order valence-corrected chi connectivity index (χ1v) is 12.0. The largest absolute Gasteiger partial charge is 0.378 e. The van der Waals surface area contributed by atoms with Gasteiger partial charge in [0.25, 0.3) is 5.91 Å². The maximum absolute atomic E-state index is 13.4. The molecule has 0 N–H and O–H groups in total. The van der Waals surface area contributed by atoms with Crippen molar-refractivity contribution in [3.63, 3.8) is 0 Å². The summed E-state index contributed by atoms with van der Waals surface area (Å²) in [4.78, 5) is 25.4. The van der Waals surface area contributed by atoms with Gasteiger partial charge in [-0.05, 0) is 23.8 Å². The molecule has 0 aliphatic carbocycles. The van der Waals surface area contributed by atoms with Gasteiger partial charge in [0.1, 0.15) is 0 Å². The third-order valence-electron chi connectivity index (χ3n) is 6.08. The summed E-state index contributed by atoms with van der Waals surface area (Å²) in [6, 6.07) is 18.5. The number of hydrogen-bond donors (Lipinski definition) is 0. The summed E-state index contributed by atoms with van der Waals surface area (Å²) in [6.45, 7) is 7.25. The average Bonchev–Trinajstić information content (AvgIpc) is 3.31. The minimum Gasteiger partial charge on any atom is -0.378 e. The van der Waals surface area contributed by atoms with Crippen LogP contribution in [0.15, 0.2) is 60.8 Å². The van der Waals surface area contributed by atoms with Crippen molar-refractivity contribution in [2.75, 3.05) is 57.4 Å². The molecule has 0 atom stereocenters. The number of amides is 1. The van der Waals surface area contributed by atoms with Crippen molar-refractivity contribution >= 4 is 22.2 Å². The maximum Gasteiger partial charge on any atom is 0.264 e. The van der Waals surface area contributed by atoms with Crippen molar-refractivity contribution in [1.29, 1.82) is 0 Å². The lowest BCUT2D eigenvalue weighted by Crippen LogP contribution is -2.48. The first kappa shape index (κ1) is 21.1. The molecule has 0 radical (unpaired) electrons. The molecule has 2 saturated heterocycles. The number of benzene rings is 1. The van der Waals surface area contributed by atoms with Crippen LogP contribution in [0.5, 0.6) is 0 Å². The Labute approximate surface area is 193 Å². The smallest absolute Gasteiger partial charge is 0.264 e. The van der Waals surface area contributed by atoms with Crippen LogP contribution >= 0.6 is 11.3 Å². The number of aromatic nitrogens is 1. The minimum atomic E-state index is 0.143. The molecular formula is C25H28N4O2S. The summed E-state index contributed by atoms with van der Waals surface area (Å²) >= 11 is 1.62. The zero-order valence-corrected chi connectivity index (χ0v) is 19.0. The van der Waals surface area contributed by atoms with E-state index in [4.69, 9.17) is 4.74 Å². The van der Waals surface area contributed by atoms with Gasteiger partial charge in [0.15, 0.2) is 0 Å². The molecule has 2 aliphatic heterocycles. The second kappa shape index (κ2) is 9.81. The molecule has 3 aromatic rings. The number of nitrogens with zero attached hydrogens (tertiary/aromatic N) is 4. The summed E-state index contributed by atoms with van der Waals surface area (Å²) in [6.07, 6.45) is 1.84. The standard InChI is InChI=1S/C25H28N4O2S/c30-24(28-12-10-27(11-13-28)19-21-8-4-5-9-26-21)23-18-22(20-6-2-1-3-7-20)25(32-23)29-14-16-31-17-15-29/h1-9,18H,10-17,19H2. The number of carbonyl (C=O) groups excluding carboxylic acids is 1. The number of thiophene rings is 1. The lowest BCUT2D eigenvalue weighted by Gasteiger charge is -2.34. The van der Waals surface area contributed by atoms with Crippen LogP contribution in [0.2, 0.25) is 0 Å². The molecule has 0 spiro atoms. The number of rotatable bonds is 5. The van der Waals surface area contributed by atoms with Crippen molar-refractivity contribution in [1.82, 2.24) is 14.8 Å². The molecule has 166 valence electrons. The van der Waals surface area contributed by atoms with Gasteiger partial charge in [0.05, 0.1) is 28.8 Å². The van der Waals surface area contributed by atoms with E-state index >= 15 is 0 Å². The molecule has 2 fully saturated rings. The van der Waals surface area contributed by atoms with Gasteiger partial charge >= 0.3 is 0 Å². The van der Waals surface area contributed by atoms with Gasteiger partial charge < -0.3 is 14.5 Å². The highest BCUT2D eigenvalue weighted by molar-refractivity contribution is 7.18. The summed E-state index contributed by atoms with van der Waals surface area (Å²) in [5.74, 6) is 0.143. The molecule has 2 aliphatic rings. The third kappa shape index (κ3) is 4.70. The number of ether oxygens (including phenoxy) is 1. The summed E-state index contributed by atoms with van der Waals surface area (Å²) in [5.41, 5.74) is 3.38. The second-order valence-electron chi connectivity index (χ2n) is 8.18. The number of hydrogen-bond acceptors (Lipinski definition) is 6. The molecule has 32 heavy (non-hydrogen) atoms.